The molecule has 3 rings (SSSR count). The van der Waals surface area contributed by atoms with Crippen LogP contribution in [0.4, 0.5) is 5.69 Å². The Bertz CT molecular complexity index is 1130. The number of carbonyl (C=O) groups excluding carboxylic acids is 3. The van der Waals surface area contributed by atoms with Crippen molar-refractivity contribution in [3.05, 3.63) is 64.1 Å². The third kappa shape index (κ3) is 5.20. The van der Waals surface area contributed by atoms with Crippen molar-refractivity contribution in [2.75, 3.05) is 6.61 Å². The molecule has 180 valence electrons. The van der Waals surface area contributed by atoms with Crippen LogP contribution in [-0.4, -0.2) is 40.6 Å². The van der Waals surface area contributed by atoms with E-state index in [1.165, 1.54) is 12.1 Å². The van der Waals surface area contributed by atoms with Crippen molar-refractivity contribution >= 4 is 44.9 Å². The van der Waals surface area contributed by atoms with Crippen LogP contribution in [0.3, 0.4) is 0 Å². The third-order valence-corrected chi connectivity index (χ3v) is 6.42. The Morgan fingerprint density at radius 2 is 1.82 bits per heavy atom. The zero-order valence-corrected chi connectivity index (χ0v) is 21.5. The van der Waals surface area contributed by atoms with Crippen LogP contribution >= 0.6 is 15.9 Å². The maximum Gasteiger partial charge on any atom is 0.347 e. The van der Waals surface area contributed by atoms with Crippen LogP contribution in [0.25, 0.3) is 0 Å². The predicted octanol–water partition coefficient (Wildman–Crippen LogP) is 5.37. The van der Waals surface area contributed by atoms with E-state index in [0.29, 0.717) is 28.7 Å². The van der Waals surface area contributed by atoms with Gasteiger partial charge in [0, 0.05) is 22.2 Å². The Hall–Kier alpha value is -2.64. The van der Waals surface area contributed by atoms with E-state index in [1.807, 2.05) is 24.3 Å². The lowest BCUT2D eigenvalue weighted by molar-refractivity contribution is -0.165. The molecule has 2 aromatic carbocycles. The van der Waals surface area contributed by atoms with Gasteiger partial charge < -0.3 is 9.84 Å². The molecule has 1 aliphatic carbocycles. The average Bonchev–Trinajstić information content (AvgIpc) is 2.78. The molecule has 0 aromatic heterocycles. The van der Waals surface area contributed by atoms with Crippen LogP contribution in [0.1, 0.15) is 62.9 Å². The van der Waals surface area contributed by atoms with E-state index in [1.54, 1.807) is 19.1 Å². The van der Waals surface area contributed by atoms with Crippen molar-refractivity contribution in [3.63, 3.8) is 0 Å². The highest BCUT2D eigenvalue weighted by Gasteiger charge is 2.57. The van der Waals surface area contributed by atoms with Crippen molar-refractivity contribution in [1.29, 1.82) is 0 Å². The lowest BCUT2D eigenvalue weighted by Crippen LogP contribution is -2.59. The summed E-state index contributed by atoms with van der Waals surface area (Å²) in [6, 6.07) is 13.9. The number of benzene rings is 2. The van der Waals surface area contributed by atoms with Gasteiger partial charge in [0.1, 0.15) is 11.7 Å². The fourth-order valence-electron chi connectivity index (χ4n) is 4.31. The van der Waals surface area contributed by atoms with Crippen LogP contribution in [0.5, 0.6) is 0 Å². The number of rotatable bonds is 6. The summed E-state index contributed by atoms with van der Waals surface area (Å²) in [4.78, 5) is 44.8. The zero-order chi connectivity index (χ0) is 25.1. The SMILES string of the molecule is CCOC(=O)C(O)(C(=O)c1cccc(Br)c1)C1C(=O)CCCC1=Nc1ccccc1C(C)(C)C. The number of aliphatic imine (C=N–C) groups is 1. The highest BCUT2D eigenvalue weighted by molar-refractivity contribution is 9.10. The molecule has 2 unspecified atom stereocenters. The molecule has 2 aromatic rings. The molecule has 0 aliphatic heterocycles. The van der Waals surface area contributed by atoms with Crippen LogP contribution < -0.4 is 0 Å². The third-order valence-electron chi connectivity index (χ3n) is 5.92. The Labute approximate surface area is 208 Å². The zero-order valence-electron chi connectivity index (χ0n) is 19.9. The van der Waals surface area contributed by atoms with Crippen LogP contribution in [0.2, 0.25) is 0 Å². The average molecular weight is 528 g/mol. The molecule has 0 radical (unpaired) electrons. The topological polar surface area (TPSA) is 93.0 Å². The van der Waals surface area contributed by atoms with Gasteiger partial charge in [0.15, 0.2) is 0 Å². The molecular formula is C27H30BrNO5. The number of carbonyl (C=O) groups is 3. The molecule has 2 atom stereocenters. The minimum Gasteiger partial charge on any atom is -0.463 e. The van der Waals surface area contributed by atoms with Gasteiger partial charge in [-0.15, -0.1) is 0 Å². The van der Waals surface area contributed by atoms with E-state index >= 15 is 0 Å². The van der Waals surface area contributed by atoms with Crippen molar-refractivity contribution in [1.82, 2.24) is 0 Å². The maximum atomic E-state index is 13.6. The number of hydrogen-bond acceptors (Lipinski definition) is 6. The van der Waals surface area contributed by atoms with Gasteiger partial charge in [-0.25, -0.2) is 4.79 Å². The summed E-state index contributed by atoms with van der Waals surface area (Å²) in [7, 11) is 0. The van der Waals surface area contributed by atoms with Gasteiger partial charge in [-0.2, -0.15) is 0 Å². The molecule has 34 heavy (non-hydrogen) atoms. The molecule has 0 bridgehead atoms. The Kier molecular flexibility index (Phi) is 7.88. The largest absolute Gasteiger partial charge is 0.463 e. The van der Waals surface area contributed by atoms with E-state index in [2.05, 4.69) is 36.7 Å². The van der Waals surface area contributed by atoms with Gasteiger partial charge in [0.05, 0.1) is 12.3 Å². The Morgan fingerprint density at radius 1 is 1.12 bits per heavy atom. The van der Waals surface area contributed by atoms with Gasteiger partial charge in [0.2, 0.25) is 11.4 Å². The minimum atomic E-state index is -2.72. The number of ketones is 2. The highest BCUT2D eigenvalue weighted by atomic mass is 79.9. The first-order valence-corrected chi connectivity index (χ1v) is 12.2. The lowest BCUT2D eigenvalue weighted by Gasteiger charge is -2.35. The number of ether oxygens (including phenoxy) is 1. The molecule has 1 aliphatic rings. The Balaban J connectivity index is 2.20. The maximum absolute atomic E-state index is 13.6. The molecule has 0 heterocycles. The van der Waals surface area contributed by atoms with E-state index in [9.17, 15) is 19.5 Å². The second kappa shape index (κ2) is 10.3. The predicted molar refractivity (Wildman–Crippen MR) is 135 cm³/mol. The van der Waals surface area contributed by atoms with Crippen LogP contribution in [0, 0.1) is 5.92 Å². The monoisotopic (exact) mass is 527 g/mol. The number of aliphatic hydroxyl groups is 1. The molecule has 1 saturated carbocycles. The van der Waals surface area contributed by atoms with E-state index < -0.39 is 29.1 Å². The fraction of sp³-hybridized carbons (Fsp3) is 0.407. The van der Waals surface area contributed by atoms with Crippen molar-refractivity contribution in [2.24, 2.45) is 10.9 Å². The number of nitrogens with zero attached hydrogens (tertiary/aromatic N) is 1. The Morgan fingerprint density at radius 3 is 2.47 bits per heavy atom. The van der Waals surface area contributed by atoms with Gasteiger partial charge in [-0.05, 0) is 48.9 Å². The summed E-state index contributed by atoms with van der Waals surface area (Å²) in [5, 5.41) is 11.8. The lowest BCUT2D eigenvalue weighted by atomic mass is 9.71. The van der Waals surface area contributed by atoms with Gasteiger partial charge in [-0.1, -0.05) is 67.0 Å². The van der Waals surface area contributed by atoms with E-state index in [0.717, 1.165) is 5.56 Å². The van der Waals surface area contributed by atoms with Crippen LogP contribution in [-0.2, 0) is 19.7 Å². The van der Waals surface area contributed by atoms with Crippen LogP contribution in [0.15, 0.2) is 58.0 Å². The quantitative estimate of drug-likeness (QED) is 0.309. The number of Topliss-reactive ketones (excluding diaryl/α,β-unsaturated/α-hetero) is 2. The normalized spacial score (nSPS) is 19.5. The molecule has 6 nitrogen and oxygen atoms in total. The van der Waals surface area contributed by atoms with Gasteiger partial charge >= 0.3 is 5.97 Å². The molecule has 1 fully saturated rings. The van der Waals surface area contributed by atoms with E-state index in [-0.39, 0.29) is 24.0 Å². The summed E-state index contributed by atoms with van der Waals surface area (Å²) >= 11 is 3.31. The standard InChI is InChI=1S/C27H30BrNO5/c1-5-34-25(32)27(33,24(31)17-10-8-11-18(28)16-17)23-21(14-9-15-22(23)30)29-20-13-7-6-12-19(20)26(2,3)4/h6-8,10-13,16,23,33H,5,9,14-15H2,1-4H3. The number of hydrogen-bond donors (Lipinski definition) is 1. The molecule has 7 heteroatoms. The first kappa shape index (κ1) is 26.0. The second-order valence-electron chi connectivity index (χ2n) is 9.45. The first-order chi connectivity index (χ1) is 16.0. The summed E-state index contributed by atoms with van der Waals surface area (Å²) in [6.45, 7) is 7.70. The molecule has 0 spiro atoms. The highest BCUT2D eigenvalue weighted by Crippen LogP contribution is 2.37. The summed E-state index contributed by atoms with van der Waals surface area (Å²) in [5.41, 5.74) is -0.935. The molecule has 0 saturated heterocycles. The molecule has 0 amide bonds. The molecular weight excluding hydrogens is 498 g/mol. The number of esters is 1. The number of para-hydroxylation sites is 1. The molecule has 1 N–H and O–H groups in total. The first-order valence-electron chi connectivity index (χ1n) is 11.4. The summed E-state index contributed by atoms with van der Waals surface area (Å²) in [6.07, 6.45) is 1.04. The number of halogens is 1. The minimum absolute atomic E-state index is 0.0485. The van der Waals surface area contributed by atoms with Crippen molar-refractivity contribution < 1.29 is 24.2 Å². The second-order valence-corrected chi connectivity index (χ2v) is 10.4. The summed E-state index contributed by atoms with van der Waals surface area (Å²) < 4.78 is 5.73. The summed E-state index contributed by atoms with van der Waals surface area (Å²) in [5.74, 6) is -3.86. The fourth-order valence-corrected chi connectivity index (χ4v) is 4.70. The van der Waals surface area contributed by atoms with Gasteiger partial charge in [0.25, 0.3) is 0 Å². The van der Waals surface area contributed by atoms with Crippen molar-refractivity contribution in [2.45, 2.75) is 58.0 Å². The van der Waals surface area contributed by atoms with E-state index in [4.69, 9.17) is 9.73 Å². The smallest absolute Gasteiger partial charge is 0.347 e. The van der Waals surface area contributed by atoms with Crippen molar-refractivity contribution in [3.8, 4) is 0 Å². The van der Waals surface area contributed by atoms with Gasteiger partial charge in [-0.3, -0.25) is 14.6 Å².